The molecule has 0 aliphatic rings. The molecular formula is C19H15ClFN3O2. The Labute approximate surface area is 154 Å². The lowest BCUT2D eigenvalue weighted by atomic mass is 10.1. The molecule has 26 heavy (non-hydrogen) atoms. The summed E-state index contributed by atoms with van der Waals surface area (Å²) in [5, 5.41) is 1.27. The number of halogens is 2. The summed E-state index contributed by atoms with van der Waals surface area (Å²) >= 11 is 5.97. The summed E-state index contributed by atoms with van der Waals surface area (Å²) in [6.45, 7) is 1.71. The lowest BCUT2D eigenvalue weighted by molar-refractivity contribution is -0.121. The molecular weight excluding hydrogens is 357 g/mol. The lowest BCUT2D eigenvalue weighted by Crippen LogP contribution is -2.42. The highest BCUT2D eigenvalue weighted by molar-refractivity contribution is 6.31. The molecule has 5 nitrogen and oxygen atoms in total. The number of benzene rings is 2. The number of carbonyl (C=O) groups is 2. The molecule has 2 aromatic carbocycles. The molecule has 132 valence electrons. The molecule has 0 saturated heterocycles. The summed E-state index contributed by atoms with van der Waals surface area (Å²) in [4.78, 5) is 28.6. The molecule has 0 aliphatic heterocycles. The van der Waals surface area contributed by atoms with E-state index in [9.17, 15) is 14.0 Å². The van der Waals surface area contributed by atoms with Crippen LogP contribution in [0.15, 0.2) is 48.5 Å². The average Bonchev–Trinajstić information content (AvgIpc) is 2.61. The minimum atomic E-state index is -0.482. The van der Waals surface area contributed by atoms with E-state index in [1.54, 1.807) is 31.2 Å². The average molecular weight is 372 g/mol. The van der Waals surface area contributed by atoms with Crippen molar-refractivity contribution in [2.24, 2.45) is 0 Å². The molecule has 0 spiro atoms. The van der Waals surface area contributed by atoms with E-state index in [-0.39, 0.29) is 12.2 Å². The fourth-order valence-electron chi connectivity index (χ4n) is 2.50. The van der Waals surface area contributed by atoms with Gasteiger partial charge in [-0.2, -0.15) is 0 Å². The Hall–Kier alpha value is -2.99. The largest absolute Gasteiger partial charge is 0.273 e. The van der Waals surface area contributed by atoms with E-state index in [4.69, 9.17) is 11.6 Å². The summed E-state index contributed by atoms with van der Waals surface area (Å²) in [6, 6.07) is 12.5. The van der Waals surface area contributed by atoms with Gasteiger partial charge in [-0.15, -0.1) is 0 Å². The molecule has 3 aromatic rings. The van der Waals surface area contributed by atoms with Crippen LogP contribution in [0.25, 0.3) is 10.9 Å². The topological polar surface area (TPSA) is 71.1 Å². The zero-order chi connectivity index (χ0) is 18.7. The second-order valence-electron chi connectivity index (χ2n) is 5.76. The van der Waals surface area contributed by atoms with Gasteiger partial charge < -0.3 is 0 Å². The number of nitrogens with one attached hydrogen (secondary N) is 2. The number of fused-ring (bicyclic) bond motifs is 1. The highest BCUT2D eigenvalue weighted by atomic mass is 35.5. The smallest absolute Gasteiger partial charge is 0.271 e. The van der Waals surface area contributed by atoms with Crippen LogP contribution in [-0.4, -0.2) is 16.8 Å². The highest BCUT2D eigenvalue weighted by Crippen LogP contribution is 2.20. The van der Waals surface area contributed by atoms with Crippen LogP contribution in [0.2, 0.25) is 5.02 Å². The Morgan fingerprint density at radius 3 is 2.54 bits per heavy atom. The molecule has 0 saturated carbocycles. The van der Waals surface area contributed by atoms with E-state index in [0.717, 1.165) is 10.9 Å². The summed E-state index contributed by atoms with van der Waals surface area (Å²) < 4.78 is 12.9. The zero-order valence-electron chi connectivity index (χ0n) is 13.8. The van der Waals surface area contributed by atoms with Crippen LogP contribution >= 0.6 is 11.6 Å². The quantitative estimate of drug-likeness (QED) is 0.694. The van der Waals surface area contributed by atoms with Crippen molar-refractivity contribution >= 4 is 34.3 Å². The van der Waals surface area contributed by atoms with E-state index < -0.39 is 11.8 Å². The van der Waals surface area contributed by atoms with Crippen molar-refractivity contribution in [1.29, 1.82) is 0 Å². The minimum Gasteiger partial charge on any atom is -0.273 e. The molecule has 0 aliphatic carbocycles. The van der Waals surface area contributed by atoms with Crippen LogP contribution < -0.4 is 10.9 Å². The maximum atomic E-state index is 12.9. The molecule has 0 bridgehead atoms. The number of pyridine rings is 1. The Morgan fingerprint density at radius 2 is 1.81 bits per heavy atom. The summed E-state index contributed by atoms with van der Waals surface area (Å²) in [5.41, 5.74) is 6.94. The molecule has 0 unspecified atom stereocenters. The lowest BCUT2D eigenvalue weighted by Gasteiger charge is -2.10. The van der Waals surface area contributed by atoms with Gasteiger partial charge in [0.15, 0.2) is 0 Å². The van der Waals surface area contributed by atoms with Crippen LogP contribution in [0.4, 0.5) is 4.39 Å². The van der Waals surface area contributed by atoms with Gasteiger partial charge in [-0.1, -0.05) is 23.7 Å². The fraction of sp³-hybridized carbons (Fsp3) is 0.105. The number of aromatic nitrogens is 1. The molecule has 3 rings (SSSR count). The molecule has 0 radical (unpaired) electrons. The van der Waals surface area contributed by atoms with Crippen LogP contribution in [-0.2, 0) is 11.2 Å². The first kappa shape index (κ1) is 17.8. The van der Waals surface area contributed by atoms with Gasteiger partial charge in [0, 0.05) is 10.4 Å². The van der Waals surface area contributed by atoms with Crippen molar-refractivity contribution in [1.82, 2.24) is 15.8 Å². The standard InChI is InChI=1S/C19H15ClFN3O2/c1-11-16(10-13-9-14(20)4-7-17(13)22-11)19(26)24-23-18(25)8-12-2-5-15(21)6-3-12/h2-7,9-10H,8H2,1H3,(H,23,25)(H,24,26). The van der Waals surface area contributed by atoms with Crippen molar-refractivity contribution in [2.75, 3.05) is 0 Å². The summed E-state index contributed by atoms with van der Waals surface area (Å²) in [5.74, 6) is -1.27. The number of amides is 2. The van der Waals surface area contributed by atoms with Crippen molar-refractivity contribution < 1.29 is 14.0 Å². The highest BCUT2D eigenvalue weighted by Gasteiger charge is 2.13. The second-order valence-corrected chi connectivity index (χ2v) is 6.20. The number of carbonyl (C=O) groups excluding carboxylic acids is 2. The molecule has 0 fully saturated rings. The number of hydrogen-bond donors (Lipinski definition) is 2. The van der Waals surface area contributed by atoms with E-state index in [1.807, 2.05) is 0 Å². The molecule has 0 atom stereocenters. The first-order valence-electron chi connectivity index (χ1n) is 7.83. The van der Waals surface area contributed by atoms with Crippen LogP contribution in [0.5, 0.6) is 0 Å². The first-order chi connectivity index (χ1) is 12.4. The van der Waals surface area contributed by atoms with Gasteiger partial charge in [0.2, 0.25) is 5.91 Å². The van der Waals surface area contributed by atoms with Gasteiger partial charge in [0.1, 0.15) is 5.82 Å². The SMILES string of the molecule is Cc1nc2ccc(Cl)cc2cc1C(=O)NNC(=O)Cc1ccc(F)cc1. The van der Waals surface area contributed by atoms with E-state index in [2.05, 4.69) is 15.8 Å². The normalized spacial score (nSPS) is 10.6. The van der Waals surface area contributed by atoms with Crippen LogP contribution in [0, 0.1) is 12.7 Å². The Kier molecular flexibility index (Phi) is 5.14. The van der Waals surface area contributed by atoms with Gasteiger partial charge >= 0.3 is 0 Å². The predicted molar refractivity (Wildman–Crippen MR) is 97.2 cm³/mol. The fourth-order valence-corrected chi connectivity index (χ4v) is 2.68. The molecule has 1 heterocycles. The minimum absolute atomic E-state index is 0.0190. The van der Waals surface area contributed by atoms with Crippen LogP contribution in [0.1, 0.15) is 21.6 Å². The monoisotopic (exact) mass is 371 g/mol. The third kappa shape index (κ3) is 4.15. The van der Waals surface area contributed by atoms with Gasteiger partial charge in [0.05, 0.1) is 23.2 Å². The maximum absolute atomic E-state index is 12.9. The van der Waals surface area contributed by atoms with Crippen molar-refractivity contribution in [3.8, 4) is 0 Å². The van der Waals surface area contributed by atoms with Gasteiger partial charge in [0.25, 0.3) is 5.91 Å². The van der Waals surface area contributed by atoms with Gasteiger partial charge in [-0.05, 0) is 48.9 Å². The predicted octanol–water partition coefficient (Wildman–Crippen LogP) is 3.34. The van der Waals surface area contributed by atoms with Crippen molar-refractivity contribution in [2.45, 2.75) is 13.3 Å². The van der Waals surface area contributed by atoms with E-state index in [0.29, 0.717) is 21.8 Å². The number of aryl methyl sites for hydroxylation is 1. The van der Waals surface area contributed by atoms with Crippen molar-refractivity contribution in [3.05, 3.63) is 76.2 Å². The third-order valence-electron chi connectivity index (χ3n) is 3.81. The number of hydrazine groups is 1. The van der Waals surface area contributed by atoms with Gasteiger partial charge in [-0.25, -0.2) is 4.39 Å². The first-order valence-corrected chi connectivity index (χ1v) is 8.21. The van der Waals surface area contributed by atoms with Crippen LogP contribution in [0.3, 0.4) is 0 Å². The van der Waals surface area contributed by atoms with Gasteiger partial charge in [-0.3, -0.25) is 25.4 Å². The second kappa shape index (κ2) is 7.49. The number of nitrogens with zero attached hydrogens (tertiary/aromatic N) is 1. The molecule has 2 amide bonds. The molecule has 2 N–H and O–H groups in total. The number of rotatable bonds is 3. The van der Waals surface area contributed by atoms with E-state index in [1.165, 1.54) is 24.3 Å². The number of hydrogen-bond acceptors (Lipinski definition) is 3. The van der Waals surface area contributed by atoms with E-state index >= 15 is 0 Å². The summed E-state index contributed by atoms with van der Waals surface area (Å²) in [7, 11) is 0. The maximum Gasteiger partial charge on any atom is 0.271 e. The molecule has 1 aromatic heterocycles. The Bertz CT molecular complexity index is 990. The Morgan fingerprint density at radius 1 is 1.08 bits per heavy atom. The van der Waals surface area contributed by atoms with Crippen molar-refractivity contribution in [3.63, 3.8) is 0 Å². The Balaban J connectivity index is 1.67. The summed E-state index contributed by atoms with van der Waals surface area (Å²) in [6.07, 6.45) is 0.0190. The third-order valence-corrected chi connectivity index (χ3v) is 4.04. The zero-order valence-corrected chi connectivity index (χ0v) is 14.6. The molecule has 7 heteroatoms.